The van der Waals surface area contributed by atoms with Gasteiger partial charge in [0.15, 0.2) is 11.9 Å². The molecule has 0 aliphatic carbocycles. The highest BCUT2D eigenvalue weighted by Gasteiger charge is 2.57. The van der Waals surface area contributed by atoms with Crippen molar-refractivity contribution in [3.63, 3.8) is 0 Å². The number of rotatable bonds is 7. The Labute approximate surface area is 187 Å². The Morgan fingerprint density at radius 3 is 2.56 bits per heavy atom. The maximum absolute atomic E-state index is 13.5. The highest BCUT2D eigenvalue weighted by atomic mass is 19.4. The fourth-order valence-corrected chi connectivity index (χ4v) is 3.57. The quantitative estimate of drug-likeness (QED) is 0.446. The molecule has 1 saturated heterocycles. The molecule has 0 unspecified atom stereocenters. The first kappa shape index (κ1) is 25.3. The summed E-state index contributed by atoms with van der Waals surface area (Å²) in [6.07, 6.45) is -10.2. The van der Waals surface area contributed by atoms with Crippen molar-refractivity contribution in [2.75, 3.05) is 12.8 Å². The van der Waals surface area contributed by atoms with Gasteiger partial charge >= 0.3 is 29.7 Å². The molecule has 0 saturated carbocycles. The summed E-state index contributed by atoms with van der Waals surface area (Å²) in [7, 11) is 1.15. The molecule has 0 amide bonds. The average Bonchev–Trinajstić information content (AvgIpc) is 3.21. The Balaban J connectivity index is 2.06. The Bertz CT molecular complexity index is 1150. The third-order valence-corrected chi connectivity index (χ3v) is 5.13. The smallest absolute Gasteiger partial charge is 0.453 e. The summed E-state index contributed by atoms with van der Waals surface area (Å²) >= 11 is 0. The van der Waals surface area contributed by atoms with Gasteiger partial charge < -0.3 is 19.9 Å². The van der Waals surface area contributed by atoms with E-state index in [1.54, 1.807) is 0 Å². The number of carbonyl (C=O) groups is 2. The first-order chi connectivity index (χ1) is 15.7. The minimum absolute atomic E-state index is 0.0365. The number of aromatic nitrogens is 4. The van der Waals surface area contributed by atoms with E-state index >= 15 is 0 Å². The predicted octanol–water partition coefficient (Wildman–Crippen LogP) is 1.55. The lowest BCUT2D eigenvalue weighted by atomic mass is 10.1. The first-order valence-corrected chi connectivity index (χ1v) is 9.82. The summed E-state index contributed by atoms with van der Waals surface area (Å²) in [6.45, 7) is 0.0504. The third-order valence-electron chi connectivity index (χ3n) is 5.13. The van der Waals surface area contributed by atoms with E-state index in [0.717, 1.165) is 24.8 Å². The van der Waals surface area contributed by atoms with Gasteiger partial charge in [-0.1, -0.05) is 0 Å². The summed E-state index contributed by atoms with van der Waals surface area (Å²) in [6, 6.07) is 0. The van der Waals surface area contributed by atoms with Gasteiger partial charge in [-0.2, -0.15) is 26.9 Å². The number of hydrogen-bond acceptors (Lipinski definition) is 9. The number of hydrogen-bond donors (Lipinski definition) is 1. The van der Waals surface area contributed by atoms with E-state index in [9.17, 15) is 36.3 Å². The van der Waals surface area contributed by atoms with Gasteiger partial charge in [-0.3, -0.25) is 14.2 Å². The van der Waals surface area contributed by atoms with E-state index in [-0.39, 0.29) is 30.0 Å². The standard InChI is InChI=1S/C18H20F5N5O6/c1-8(29)33-11-5-9(6-12(30)32-2)34-14(11)28-13-10(7-25-15(24)26-13)27(16(28)31)4-3-17(19,20)18(21,22)23/h7,9,11,14H,3-6H2,1-2H3,(H2,24,25,26)/t9-,11+,14+/m0/s1. The molecule has 188 valence electrons. The van der Waals surface area contributed by atoms with Crippen LogP contribution in [0.25, 0.3) is 11.2 Å². The number of halogens is 5. The zero-order valence-electron chi connectivity index (χ0n) is 17.8. The van der Waals surface area contributed by atoms with E-state index in [1.165, 1.54) is 0 Å². The lowest BCUT2D eigenvalue weighted by Crippen LogP contribution is -2.39. The molecule has 0 radical (unpaired) electrons. The van der Waals surface area contributed by atoms with Crippen molar-refractivity contribution in [1.29, 1.82) is 0 Å². The van der Waals surface area contributed by atoms with Crippen LogP contribution in [0.15, 0.2) is 11.0 Å². The summed E-state index contributed by atoms with van der Waals surface area (Å²) in [4.78, 5) is 43.9. The van der Waals surface area contributed by atoms with Gasteiger partial charge in [-0.25, -0.2) is 14.3 Å². The van der Waals surface area contributed by atoms with Crippen LogP contribution in [0.4, 0.5) is 27.9 Å². The first-order valence-electron chi connectivity index (χ1n) is 9.82. The molecule has 3 rings (SSSR count). The molecule has 0 spiro atoms. The van der Waals surface area contributed by atoms with Crippen LogP contribution >= 0.6 is 0 Å². The van der Waals surface area contributed by atoms with Crippen LogP contribution in [0.1, 0.15) is 32.4 Å². The van der Waals surface area contributed by atoms with Crippen LogP contribution < -0.4 is 11.4 Å². The number of imidazole rings is 1. The maximum Gasteiger partial charge on any atom is 0.453 e. The molecule has 0 aromatic carbocycles. The predicted molar refractivity (Wildman–Crippen MR) is 103 cm³/mol. The van der Waals surface area contributed by atoms with Gasteiger partial charge in [0.05, 0.1) is 25.8 Å². The summed E-state index contributed by atoms with van der Waals surface area (Å²) < 4.78 is 81.8. The average molecular weight is 497 g/mol. The Hall–Kier alpha value is -3.30. The van der Waals surface area contributed by atoms with Crippen LogP contribution in [0.2, 0.25) is 0 Å². The zero-order chi connectivity index (χ0) is 25.4. The number of ether oxygens (including phenoxy) is 3. The zero-order valence-corrected chi connectivity index (χ0v) is 17.8. The van der Waals surface area contributed by atoms with Crippen molar-refractivity contribution < 1.29 is 45.8 Å². The number of methoxy groups -OCH3 is 1. The fraction of sp³-hybridized carbons (Fsp3) is 0.611. The molecule has 11 nitrogen and oxygen atoms in total. The molecular formula is C18H20F5N5O6. The molecule has 2 N–H and O–H groups in total. The van der Waals surface area contributed by atoms with E-state index in [2.05, 4.69) is 14.7 Å². The summed E-state index contributed by atoms with van der Waals surface area (Å²) in [5, 5.41) is 0. The van der Waals surface area contributed by atoms with Crippen LogP contribution in [-0.2, 0) is 30.3 Å². The van der Waals surface area contributed by atoms with Crippen molar-refractivity contribution in [2.45, 2.75) is 63.3 Å². The second-order valence-corrected chi connectivity index (χ2v) is 7.51. The largest absolute Gasteiger partial charge is 0.469 e. The molecule has 2 aromatic heterocycles. The Morgan fingerprint density at radius 1 is 1.29 bits per heavy atom. The number of nitrogens with zero attached hydrogens (tertiary/aromatic N) is 4. The molecule has 34 heavy (non-hydrogen) atoms. The van der Waals surface area contributed by atoms with E-state index < -0.39 is 61.1 Å². The normalized spacial score (nSPS) is 21.1. The SMILES string of the molecule is COC(=O)C[C@@H]1C[C@@H](OC(C)=O)[C@H](n2c(=O)n(CCC(F)(F)C(F)(F)F)c3cnc(N)nc32)O1. The Kier molecular flexibility index (Phi) is 6.82. The second-order valence-electron chi connectivity index (χ2n) is 7.51. The van der Waals surface area contributed by atoms with Crippen LogP contribution in [0.3, 0.4) is 0 Å². The number of esters is 2. The van der Waals surface area contributed by atoms with Gasteiger partial charge in [0.25, 0.3) is 0 Å². The molecule has 1 aliphatic rings. The number of alkyl halides is 5. The molecule has 0 bridgehead atoms. The van der Waals surface area contributed by atoms with Crippen molar-refractivity contribution in [1.82, 2.24) is 19.1 Å². The number of carbonyl (C=O) groups excluding carboxylic acids is 2. The van der Waals surface area contributed by atoms with Crippen LogP contribution in [-0.4, -0.2) is 62.5 Å². The fourth-order valence-electron chi connectivity index (χ4n) is 3.57. The van der Waals surface area contributed by atoms with Crippen molar-refractivity contribution >= 4 is 29.1 Å². The third kappa shape index (κ3) is 4.95. The summed E-state index contributed by atoms with van der Waals surface area (Å²) in [5.41, 5.74) is 4.06. The highest BCUT2D eigenvalue weighted by Crippen LogP contribution is 2.39. The highest BCUT2D eigenvalue weighted by molar-refractivity contribution is 5.72. The minimum atomic E-state index is -5.81. The summed E-state index contributed by atoms with van der Waals surface area (Å²) in [5.74, 6) is -6.78. The second kappa shape index (κ2) is 9.15. The van der Waals surface area contributed by atoms with E-state index in [1.807, 2.05) is 0 Å². The number of aryl methyl sites for hydroxylation is 1. The van der Waals surface area contributed by atoms with E-state index in [0.29, 0.717) is 4.57 Å². The van der Waals surface area contributed by atoms with Gasteiger partial charge in [0, 0.05) is 26.3 Å². The van der Waals surface area contributed by atoms with Crippen molar-refractivity contribution in [2.24, 2.45) is 0 Å². The molecule has 1 fully saturated rings. The number of anilines is 1. The lowest BCUT2D eigenvalue weighted by molar-refractivity contribution is -0.285. The number of nitrogen functional groups attached to an aromatic ring is 1. The topological polar surface area (TPSA) is 141 Å². The monoisotopic (exact) mass is 497 g/mol. The number of nitrogens with two attached hydrogens (primary N) is 1. The van der Waals surface area contributed by atoms with Gasteiger partial charge in [0.2, 0.25) is 5.95 Å². The molecule has 3 atom stereocenters. The molecule has 3 heterocycles. The Morgan fingerprint density at radius 2 is 1.97 bits per heavy atom. The molecular weight excluding hydrogens is 477 g/mol. The van der Waals surface area contributed by atoms with Gasteiger partial charge in [0.1, 0.15) is 11.6 Å². The van der Waals surface area contributed by atoms with Crippen molar-refractivity contribution in [3.05, 3.63) is 16.7 Å². The number of fused-ring (bicyclic) bond motifs is 1. The maximum atomic E-state index is 13.5. The van der Waals surface area contributed by atoms with Crippen molar-refractivity contribution in [3.8, 4) is 0 Å². The van der Waals surface area contributed by atoms with Crippen LogP contribution in [0.5, 0.6) is 0 Å². The van der Waals surface area contributed by atoms with Crippen LogP contribution in [0, 0.1) is 0 Å². The minimum Gasteiger partial charge on any atom is -0.469 e. The lowest BCUT2D eigenvalue weighted by Gasteiger charge is -2.20. The van der Waals surface area contributed by atoms with Gasteiger partial charge in [-0.15, -0.1) is 0 Å². The molecule has 16 heteroatoms. The van der Waals surface area contributed by atoms with E-state index in [4.69, 9.17) is 15.2 Å². The van der Waals surface area contributed by atoms with Gasteiger partial charge in [-0.05, 0) is 0 Å². The molecule has 2 aromatic rings. The molecule has 1 aliphatic heterocycles.